The van der Waals surface area contributed by atoms with Crippen LogP contribution < -0.4 is 0 Å². The van der Waals surface area contributed by atoms with Gasteiger partial charge in [-0.25, -0.2) is 4.98 Å². The maximum atomic E-state index is 12.7. The van der Waals surface area contributed by atoms with Crippen LogP contribution in [0.5, 0.6) is 0 Å². The Labute approximate surface area is 112 Å². The summed E-state index contributed by atoms with van der Waals surface area (Å²) in [4.78, 5) is 16.1. The Hall–Kier alpha value is -2.57. The average molecular weight is 307 g/mol. The molecule has 2 rings (SSSR count). The van der Waals surface area contributed by atoms with E-state index in [9.17, 15) is 31.1 Å². The predicted molar refractivity (Wildman–Crippen MR) is 56.2 cm³/mol. The number of alkyl halides is 6. The number of nitrogens with one attached hydrogen (secondary N) is 1. The molecule has 0 amide bonds. The molecule has 0 saturated heterocycles. The van der Waals surface area contributed by atoms with Crippen molar-refractivity contribution in [3.8, 4) is 6.07 Å². The molecule has 1 aromatic carbocycles. The number of nitriles is 1. The number of hydrogen-bond acceptors (Lipinski definition) is 3. The summed E-state index contributed by atoms with van der Waals surface area (Å²) >= 11 is 0. The van der Waals surface area contributed by atoms with Crippen LogP contribution >= 0.6 is 0 Å². The molecule has 0 aliphatic carbocycles. The zero-order valence-corrected chi connectivity index (χ0v) is 9.73. The van der Waals surface area contributed by atoms with Crippen LogP contribution in [0.2, 0.25) is 0 Å². The second kappa shape index (κ2) is 4.47. The smallest absolute Gasteiger partial charge is 0.335 e. The molecule has 110 valence electrons. The van der Waals surface area contributed by atoms with Crippen LogP contribution in [0.3, 0.4) is 0 Å². The first-order chi connectivity index (χ1) is 9.54. The van der Waals surface area contributed by atoms with E-state index < -0.39 is 40.6 Å². The molecule has 0 saturated carbocycles. The first-order valence-corrected chi connectivity index (χ1v) is 5.16. The standard InChI is InChI=1S/C11H3F6N3O/c12-10(13,14)5-2-7-6(1-4(5)3-18)19-9(20-7)8(21)11(15,16)17/h1-2H,(H,19,20). The van der Waals surface area contributed by atoms with Crippen LogP contribution in [0.15, 0.2) is 12.1 Å². The lowest BCUT2D eigenvalue weighted by molar-refractivity contribution is -0.137. The summed E-state index contributed by atoms with van der Waals surface area (Å²) in [6.07, 6.45) is -10.1. The van der Waals surface area contributed by atoms with E-state index in [0.29, 0.717) is 12.1 Å². The van der Waals surface area contributed by atoms with Crippen molar-refractivity contribution in [2.45, 2.75) is 12.4 Å². The first-order valence-electron chi connectivity index (χ1n) is 5.16. The molecule has 21 heavy (non-hydrogen) atoms. The van der Waals surface area contributed by atoms with E-state index >= 15 is 0 Å². The summed E-state index contributed by atoms with van der Waals surface area (Å²) in [7, 11) is 0. The lowest BCUT2D eigenvalue weighted by Gasteiger charge is -2.07. The third kappa shape index (κ3) is 2.67. The largest absolute Gasteiger partial charge is 0.458 e. The number of ketones is 1. The normalized spacial score (nSPS) is 12.4. The number of imidazole rings is 1. The van der Waals surface area contributed by atoms with E-state index in [4.69, 9.17) is 5.26 Å². The van der Waals surface area contributed by atoms with Gasteiger partial charge in [0.15, 0.2) is 5.82 Å². The molecule has 0 bridgehead atoms. The van der Waals surface area contributed by atoms with Gasteiger partial charge >= 0.3 is 18.1 Å². The SMILES string of the molecule is N#Cc1cc2nc(C(=O)C(F)(F)F)[nH]c2cc1C(F)(F)F. The van der Waals surface area contributed by atoms with Crippen LogP contribution in [0.1, 0.15) is 21.7 Å². The van der Waals surface area contributed by atoms with Gasteiger partial charge in [-0.3, -0.25) is 4.79 Å². The highest BCUT2D eigenvalue weighted by Gasteiger charge is 2.41. The molecule has 0 atom stereocenters. The Kier molecular flexibility index (Phi) is 3.16. The topological polar surface area (TPSA) is 69.5 Å². The lowest BCUT2D eigenvalue weighted by atomic mass is 10.1. The van der Waals surface area contributed by atoms with Gasteiger partial charge in [0.25, 0.3) is 0 Å². The first kappa shape index (κ1) is 14.8. The van der Waals surface area contributed by atoms with Gasteiger partial charge in [-0.2, -0.15) is 31.6 Å². The number of hydrogen-bond donors (Lipinski definition) is 1. The van der Waals surface area contributed by atoms with E-state index in [1.54, 1.807) is 0 Å². The van der Waals surface area contributed by atoms with Crippen molar-refractivity contribution in [2.24, 2.45) is 0 Å². The molecule has 0 fully saturated rings. The summed E-state index contributed by atoms with van der Waals surface area (Å²) < 4.78 is 74.8. The molecule has 1 aromatic heterocycles. The summed E-state index contributed by atoms with van der Waals surface area (Å²) in [5.74, 6) is -3.45. The number of Topliss-reactive ketones (excluding diaryl/α,β-unsaturated/α-hetero) is 1. The Balaban J connectivity index is 2.65. The van der Waals surface area contributed by atoms with Crippen LogP contribution in [-0.2, 0) is 6.18 Å². The maximum Gasteiger partial charge on any atom is 0.458 e. The Morgan fingerprint density at radius 3 is 2.29 bits per heavy atom. The van der Waals surface area contributed by atoms with Gasteiger partial charge < -0.3 is 4.98 Å². The fraction of sp³-hybridized carbons (Fsp3) is 0.182. The second-order valence-corrected chi connectivity index (χ2v) is 3.94. The van der Waals surface area contributed by atoms with Gasteiger partial charge in [-0.15, -0.1) is 0 Å². The molecular formula is C11H3F6N3O. The summed E-state index contributed by atoms with van der Waals surface area (Å²) in [6.45, 7) is 0. The monoisotopic (exact) mass is 307 g/mol. The van der Waals surface area contributed by atoms with Crippen molar-refractivity contribution in [3.05, 3.63) is 29.1 Å². The summed E-state index contributed by atoms with van der Waals surface area (Å²) in [5, 5.41) is 8.65. The minimum Gasteiger partial charge on any atom is -0.335 e. The molecule has 1 heterocycles. The maximum absolute atomic E-state index is 12.7. The number of aromatic amines is 1. The van der Waals surface area contributed by atoms with Crippen molar-refractivity contribution in [3.63, 3.8) is 0 Å². The number of aromatic nitrogens is 2. The quantitative estimate of drug-likeness (QED) is 0.649. The highest BCUT2D eigenvalue weighted by atomic mass is 19.4. The number of fused-ring (bicyclic) bond motifs is 1. The van der Waals surface area contributed by atoms with E-state index in [1.165, 1.54) is 6.07 Å². The molecule has 1 N–H and O–H groups in total. The zero-order valence-electron chi connectivity index (χ0n) is 9.73. The van der Waals surface area contributed by atoms with E-state index in [0.717, 1.165) is 0 Å². The minimum absolute atomic E-state index is 0.341. The molecule has 10 heteroatoms. The minimum atomic E-state index is -5.21. The van der Waals surface area contributed by atoms with Crippen LogP contribution in [-0.4, -0.2) is 21.9 Å². The molecular weight excluding hydrogens is 304 g/mol. The molecule has 0 unspecified atom stereocenters. The number of halogens is 6. The van der Waals surface area contributed by atoms with Gasteiger partial charge in [0.2, 0.25) is 0 Å². The number of H-pyrrole nitrogens is 1. The van der Waals surface area contributed by atoms with E-state index in [2.05, 4.69) is 4.98 Å². The van der Waals surface area contributed by atoms with E-state index in [-0.39, 0.29) is 5.52 Å². The van der Waals surface area contributed by atoms with Crippen LogP contribution in [0.4, 0.5) is 26.3 Å². The van der Waals surface area contributed by atoms with Gasteiger partial charge in [0.1, 0.15) is 0 Å². The van der Waals surface area contributed by atoms with Gasteiger partial charge in [-0.1, -0.05) is 0 Å². The molecule has 4 nitrogen and oxygen atoms in total. The number of nitrogens with zero attached hydrogens (tertiary/aromatic N) is 2. The fourth-order valence-electron chi connectivity index (χ4n) is 1.63. The van der Waals surface area contributed by atoms with Crippen molar-refractivity contribution in [1.29, 1.82) is 5.26 Å². The number of carbonyl (C=O) groups is 1. The molecule has 0 spiro atoms. The third-order valence-electron chi connectivity index (χ3n) is 2.52. The molecule has 0 radical (unpaired) electrons. The molecule has 0 aliphatic heterocycles. The van der Waals surface area contributed by atoms with Crippen molar-refractivity contribution in [1.82, 2.24) is 9.97 Å². The summed E-state index contributed by atoms with van der Waals surface area (Å²) in [6, 6.07) is 2.39. The Morgan fingerprint density at radius 2 is 1.81 bits per heavy atom. The molecule has 0 aliphatic rings. The number of rotatable bonds is 1. The average Bonchev–Trinajstić information content (AvgIpc) is 2.76. The predicted octanol–water partition coefficient (Wildman–Crippen LogP) is 3.20. The second-order valence-electron chi connectivity index (χ2n) is 3.94. The highest BCUT2D eigenvalue weighted by molar-refractivity contribution is 5.99. The van der Waals surface area contributed by atoms with Gasteiger partial charge in [0.05, 0.1) is 28.2 Å². The Bertz CT molecular complexity index is 765. The van der Waals surface area contributed by atoms with Crippen LogP contribution in [0.25, 0.3) is 11.0 Å². The number of benzene rings is 1. The van der Waals surface area contributed by atoms with Crippen molar-refractivity contribution >= 4 is 16.8 Å². The van der Waals surface area contributed by atoms with Crippen LogP contribution in [0, 0.1) is 11.3 Å². The lowest BCUT2D eigenvalue weighted by Crippen LogP contribution is -2.23. The fourth-order valence-corrected chi connectivity index (χ4v) is 1.63. The molecule has 2 aromatic rings. The third-order valence-corrected chi connectivity index (χ3v) is 2.52. The zero-order chi connectivity index (χ0) is 16.0. The van der Waals surface area contributed by atoms with Gasteiger partial charge in [-0.05, 0) is 12.1 Å². The Morgan fingerprint density at radius 1 is 1.19 bits per heavy atom. The highest BCUT2D eigenvalue weighted by Crippen LogP contribution is 2.34. The van der Waals surface area contributed by atoms with Crippen molar-refractivity contribution < 1.29 is 31.1 Å². The van der Waals surface area contributed by atoms with Gasteiger partial charge in [0, 0.05) is 0 Å². The van der Waals surface area contributed by atoms with E-state index in [1.807, 2.05) is 4.98 Å². The summed E-state index contributed by atoms with van der Waals surface area (Å²) in [5.41, 5.74) is -2.89. The van der Waals surface area contributed by atoms with Crippen molar-refractivity contribution in [2.75, 3.05) is 0 Å². The number of carbonyl (C=O) groups excluding carboxylic acids is 1.